The van der Waals surface area contributed by atoms with Gasteiger partial charge in [0.15, 0.2) is 11.5 Å². The SMILES string of the molecule is CN1CCN(C(=O)CCCCCCc2ccc3c(c2)OCO3)CC1. The Balaban J connectivity index is 1.27. The molecule has 1 amide bonds. The molecule has 24 heavy (non-hydrogen) atoms. The van der Waals surface area contributed by atoms with Gasteiger partial charge in [-0.15, -0.1) is 0 Å². The standard InChI is InChI=1S/C19H28N2O3/c1-20-10-12-21(13-11-20)19(22)7-5-3-2-4-6-16-8-9-17-18(14-16)24-15-23-17/h8-9,14H,2-7,10-13,15H2,1H3. The molecular formula is C19H28N2O3. The lowest BCUT2D eigenvalue weighted by Gasteiger charge is -2.32. The highest BCUT2D eigenvalue weighted by Gasteiger charge is 2.18. The second-order valence-corrected chi connectivity index (χ2v) is 6.79. The Labute approximate surface area is 144 Å². The first-order valence-corrected chi connectivity index (χ1v) is 9.07. The predicted molar refractivity (Wildman–Crippen MR) is 93.4 cm³/mol. The normalized spacial score (nSPS) is 17.3. The molecular weight excluding hydrogens is 304 g/mol. The van der Waals surface area contributed by atoms with Crippen LogP contribution in [0.4, 0.5) is 0 Å². The summed E-state index contributed by atoms with van der Waals surface area (Å²) >= 11 is 0. The molecule has 0 unspecified atom stereocenters. The molecule has 5 nitrogen and oxygen atoms in total. The van der Waals surface area contributed by atoms with Crippen molar-refractivity contribution in [2.24, 2.45) is 0 Å². The maximum Gasteiger partial charge on any atom is 0.231 e. The molecule has 1 fully saturated rings. The number of amides is 1. The lowest BCUT2D eigenvalue weighted by atomic mass is 10.0. The number of hydrogen-bond acceptors (Lipinski definition) is 4. The largest absolute Gasteiger partial charge is 0.454 e. The van der Waals surface area contributed by atoms with Gasteiger partial charge in [0.2, 0.25) is 12.7 Å². The van der Waals surface area contributed by atoms with Crippen molar-refractivity contribution in [2.75, 3.05) is 40.0 Å². The lowest BCUT2D eigenvalue weighted by molar-refractivity contribution is -0.132. The Bertz CT molecular complexity index is 554. The molecule has 1 aromatic rings. The summed E-state index contributed by atoms with van der Waals surface area (Å²) in [6.45, 7) is 4.11. The fourth-order valence-corrected chi connectivity index (χ4v) is 3.27. The number of piperazine rings is 1. The fourth-order valence-electron chi connectivity index (χ4n) is 3.27. The number of rotatable bonds is 7. The molecule has 0 atom stereocenters. The summed E-state index contributed by atoms with van der Waals surface area (Å²) in [5.74, 6) is 2.05. The molecule has 2 heterocycles. The number of hydrogen-bond donors (Lipinski definition) is 0. The molecule has 2 aliphatic rings. The monoisotopic (exact) mass is 332 g/mol. The van der Waals surface area contributed by atoms with Crippen LogP contribution in [0.5, 0.6) is 11.5 Å². The molecule has 132 valence electrons. The molecule has 0 aromatic heterocycles. The van der Waals surface area contributed by atoms with E-state index < -0.39 is 0 Å². The minimum absolute atomic E-state index is 0.332. The van der Waals surface area contributed by atoms with Gasteiger partial charge in [-0.3, -0.25) is 4.79 Å². The highest BCUT2D eigenvalue weighted by atomic mass is 16.7. The zero-order valence-electron chi connectivity index (χ0n) is 14.6. The zero-order valence-corrected chi connectivity index (χ0v) is 14.6. The zero-order chi connectivity index (χ0) is 16.8. The van der Waals surface area contributed by atoms with Gasteiger partial charge >= 0.3 is 0 Å². The molecule has 1 saturated heterocycles. The molecule has 3 rings (SSSR count). The molecule has 0 radical (unpaired) electrons. The van der Waals surface area contributed by atoms with E-state index in [0.29, 0.717) is 19.1 Å². The quantitative estimate of drug-likeness (QED) is 0.720. The smallest absolute Gasteiger partial charge is 0.231 e. The number of ether oxygens (including phenoxy) is 2. The van der Waals surface area contributed by atoms with Crippen LogP contribution in [0.1, 0.15) is 37.7 Å². The van der Waals surface area contributed by atoms with E-state index in [0.717, 1.165) is 63.4 Å². The maximum atomic E-state index is 12.1. The highest BCUT2D eigenvalue weighted by Crippen LogP contribution is 2.32. The first-order chi connectivity index (χ1) is 11.7. The molecule has 0 aliphatic carbocycles. The molecule has 2 aliphatic heterocycles. The van der Waals surface area contributed by atoms with Gasteiger partial charge in [0.25, 0.3) is 0 Å². The van der Waals surface area contributed by atoms with Crippen LogP contribution in [-0.2, 0) is 11.2 Å². The third-order valence-electron chi connectivity index (χ3n) is 4.90. The average molecular weight is 332 g/mol. The van der Waals surface area contributed by atoms with Gasteiger partial charge in [-0.1, -0.05) is 18.9 Å². The minimum atomic E-state index is 0.332. The Morgan fingerprint density at radius 1 is 1.00 bits per heavy atom. The van der Waals surface area contributed by atoms with Crippen molar-refractivity contribution in [2.45, 2.75) is 38.5 Å². The van der Waals surface area contributed by atoms with E-state index in [1.165, 1.54) is 12.0 Å². The van der Waals surface area contributed by atoms with Crippen LogP contribution in [0.2, 0.25) is 0 Å². The van der Waals surface area contributed by atoms with Crippen LogP contribution in [0.15, 0.2) is 18.2 Å². The minimum Gasteiger partial charge on any atom is -0.454 e. The summed E-state index contributed by atoms with van der Waals surface area (Å²) in [5.41, 5.74) is 1.30. The van der Waals surface area contributed by atoms with E-state index in [-0.39, 0.29) is 0 Å². The van der Waals surface area contributed by atoms with E-state index in [2.05, 4.69) is 24.1 Å². The van der Waals surface area contributed by atoms with Gasteiger partial charge in [0.05, 0.1) is 0 Å². The summed E-state index contributed by atoms with van der Waals surface area (Å²) in [7, 11) is 2.11. The van der Waals surface area contributed by atoms with Crippen molar-refractivity contribution in [3.8, 4) is 11.5 Å². The Morgan fingerprint density at radius 2 is 1.75 bits per heavy atom. The van der Waals surface area contributed by atoms with Gasteiger partial charge in [0, 0.05) is 32.6 Å². The van der Waals surface area contributed by atoms with Crippen LogP contribution in [0, 0.1) is 0 Å². The summed E-state index contributed by atoms with van der Waals surface area (Å²) < 4.78 is 10.7. The van der Waals surface area contributed by atoms with Gasteiger partial charge in [-0.2, -0.15) is 0 Å². The molecule has 1 aromatic carbocycles. The van der Waals surface area contributed by atoms with Crippen molar-refractivity contribution in [3.05, 3.63) is 23.8 Å². The third-order valence-corrected chi connectivity index (χ3v) is 4.90. The Morgan fingerprint density at radius 3 is 2.58 bits per heavy atom. The number of unbranched alkanes of at least 4 members (excludes halogenated alkanes) is 3. The van der Waals surface area contributed by atoms with Crippen LogP contribution < -0.4 is 9.47 Å². The maximum absolute atomic E-state index is 12.1. The Hall–Kier alpha value is -1.75. The van der Waals surface area contributed by atoms with Crippen LogP contribution in [-0.4, -0.2) is 55.7 Å². The third kappa shape index (κ3) is 4.63. The van der Waals surface area contributed by atoms with E-state index in [1.54, 1.807) is 0 Å². The molecule has 0 spiro atoms. The van der Waals surface area contributed by atoms with E-state index >= 15 is 0 Å². The van der Waals surface area contributed by atoms with E-state index in [4.69, 9.17) is 9.47 Å². The average Bonchev–Trinajstić information content (AvgIpc) is 3.06. The fraction of sp³-hybridized carbons (Fsp3) is 0.632. The van der Waals surface area contributed by atoms with Gasteiger partial charge < -0.3 is 19.3 Å². The molecule has 0 N–H and O–H groups in total. The highest BCUT2D eigenvalue weighted by molar-refractivity contribution is 5.76. The van der Waals surface area contributed by atoms with Crippen LogP contribution >= 0.6 is 0 Å². The van der Waals surface area contributed by atoms with Gasteiger partial charge in [0.1, 0.15) is 0 Å². The predicted octanol–water partition coefficient (Wildman–Crippen LogP) is 2.68. The molecule has 0 saturated carbocycles. The number of carbonyl (C=O) groups is 1. The van der Waals surface area contributed by atoms with Crippen molar-refractivity contribution >= 4 is 5.91 Å². The van der Waals surface area contributed by atoms with Gasteiger partial charge in [-0.25, -0.2) is 0 Å². The van der Waals surface area contributed by atoms with Crippen molar-refractivity contribution in [3.63, 3.8) is 0 Å². The number of carbonyl (C=O) groups excluding carboxylic acids is 1. The van der Waals surface area contributed by atoms with Crippen molar-refractivity contribution < 1.29 is 14.3 Å². The molecule has 0 bridgehead atoms. The number of likely N-dealkylation sites (N-methyl/N-ethyl adjacent to an activating group) is 1. The summed E-state index contributed by atoms with van der Waals surface area (Å²) in [6, 6.07) is 6.19. The second-order valence-electron chi connectivity index (χ2n) is 6.79. The van der Waals surface area contributed by atoms with Crippen LogP contribution in [0.25, 0.3) is 0 Å². The van der Waals surface area contributed by atoms with Crippen LogP contribution in [0.3, 0.4) is 0 Å². The number of aryl methyl sites for hydroxylation is 1. The van der Waals surface area contributed by atoms with Crippen molar-refractivity contribution in [1.82, 2.24) is 9.80 Å². The number of fused-ring (bicyclic) bond motifs is 1. The van der Waals surface area contributed by atoms with E-state index in [1.807, 2.05) is 11.0 Å². The summed E-state index contributed by atoms with van der Waals surface area (Å²) in [5, 5.41) is 0. The molecule has 5 heteroatoms. The summed E-state index contributed by atoms with van der Waals surface area (Å²) in [4.78, 5) is 16.4. The topological polar surface area (TPSA) is 42.0 Å². The van der Waals surface area contributed by atoms with E-state index in [9.17, 15) is 4.79 Å². The second kappa shape index (κ2) is 8.38. The number of nitrogens with zero attached hydrogens (tertiary/aromatic N) is 2. The first kappa shape index (κ1) is 17.1. The van der Waals surface area contributed by atoms with Crippen molar-refractivity contribution in [1.29, 1.82) is 0 Å². The first-order valence-electron chi connectivity index (χ1n) is 9.07. The Kier molecular flexibility index (Phi) is 5.96. The number of benzene rings is 1. The van der Waals surface area contributed by atoms with Gasteiger partial charge in [-0.05, 0) is 44.0 Å². The summed E-state index contributed by atoms with van der Waals surface area (Å²) in [6.07, 6.45) is 6.22. The lowest BCUT2D eigenvalue weighted by Crippen LogP contribution is -2.47.